The lowest BCUT2D eigenvalue weighted by atomic mass is 10.00. The summed E-state index contributed by atoms with van der Waals surface area (Å²) in [5.41, 5.74) is 7.17. The van der Waals surface area contributed by atoms with Gasteiger partial charge in [-0.1, -0.05) is 133 Å². The number of benzene rings is 3. The maximum Gasteiger partial charge on any atom is 0.176 e. The van der Waals surface area contributed by atoms with Gasteiger partial charge in [0.05, 0.1) is 6.04 Å². The van der Waals surface area contributed by atoms with Crippen molar-refractivity contribution < 1.29 is 0 Å². The van der Waals surface area contributed by atoms with Crippen LogP contribution in [0.5, 0.6) is 0 Å². The molecular formula is C42H41NSi. The van der Waals surface area contributed by atoms with Gasteiger partial charge in [0.2, 0.25) is 0 Å². The second-order valence-corrected chi connectivity index (χ2v) is 16.6. The highest BCUT2D eigenvalue weighted by Gasteiger charge is 2.44. The number of hydrogen-bond acceptors (Lipinski definition) is 0. The Morgan fingerprint density at radius 3 is 2.39 bits per heavy atom. The first-order valence-corrected chi connectivity index (χ1v) is 18.7. The molecule has 4 aliphatic carbocycles. The molecule has 0 spiro atoms. The van der Waals surface area contributed by atoms with Crippen molar-refractivity contribution in [3.63, 3.8) is 0 Å². The lowest BCUT2D eigenvalue weighted by molar-refractivity contribution is 0.515. The van der Waals surface area contributed by atoms with Gasteiger partial charge in [-0.2, -0.15) is 0 Å². The van der Waals surface area contributed by atoms with E-state index in [2.05, 4.69) is 138 Å². The zero-order chi connectivity index (χ0) is 29.3. The molecule has 3 aromatic carbocycles. The van der Waals surface area contributed by atoms with Crippen molar-refractivity contribution >= 4 is 46.2 Å². The van der Waals surface area contributed by atoms with Gasteiger partial charge in [-0.25, -0.2) is 0 Å². The molecule has 0 radical (unpaired) electrons. The van der Waals surface area contributed by atoms with Crippen LogP contribution < -0.4 is 15.6 Å². The third kappa shape index (κ3) is 4.50. The molecule has 0 fully saturated rings. The van der Waals surface area contributed by atoms with Crippen LogP contribution in [0.15, 0.2) is 133 Å². The molecule has 0 aliphatic heterocycles. The van der Waals surface area contributed by atoms with Crippen LogP contribution >= 0.6 is 0 Å². The average Bonchev–Trinajstić information content (AvgIpc) is 3.44. The van der Waals surface area contributed by atoms with E-state index in [4.69, 9.17) is 0 Å². The van der Waals surface area contributed by atoms with E-state index in [1.165, 1.54) is 68.1 Å². The number of aromatic nitrogens is 1. The third-order valence-electron chi connectivity index (χ3n) is 10.3. The molecule has 0 amide bonds. The standard InChI is InChI=1S/C42H41NSi/c1-5-17-32(18-6-1)37-25-14-16-28-42(37)44(34-21-9-3-10-22-34,35-23-11-4-12-24-35)36-29-30-41-39(31-36)38-26-13-15-27-40(38)43(41)33-19-7-2-8-20-33/h3-5,7,9-11,13-14,16-19,21-23,25-26,28-31,33H,1-2,6,8,12,15,20,24,27H2. The molecule has 44 heavy (non-hydrogen) atoms. The van der Waals surface area contributed by atoms with Crippen molar-refractivity contribution in [3.05, 3.63) is 149 Å². The minimum Gasteiger partial charge on any atom is -0.337 e. The van der Waals surface area contributed by atoms with E-state index in [0.717, 1.165) is 38.5 Å². The molecule has 0 saturated heterocycles. The molecule has 1 aromatic heterocycles. The Balaban J connectivity index is 1.45. The van der Waals surface area contributed by atoms with E-state index in [1.54, 1.807) is 5.20 Å². The van der Waals surface area contributed by atoms with Crippen LogP contribution in [0.1, 0.15) is 74.2 Å². The largest absolute Gasteiger partial charge is 0.337 e. The minimum atomic E-state index is -2.66. The monoisotopic (exact) mass is 587 g/mol. The summed E-state index contributed by atoms with van der Waals surface area (Å²) in [5.74, 6) is 0. The van der Waals surface area contributed by atoms with Crippen LogP contribution in [0.3, 0.4) is 0 Å². The molecule has 0 saturated carbocycles. The van der Waals surface area contributed by atoms with E-state index in [1.807, 2.05) is 0 Å². The van der Waals surface area contributed by atoms with Gasteiger partial charge in [0.25, 0.3) is 0 Å². The minimum absolute atomic E-state index is 0.459. The van der Waals surface area contributed by atoms with Gasteiger partial charge < -0.3 is 4.57 Å². The van der Waals surface area contributed by atoms with E-state index < -0.39 is 8.07 Å². The molecule has 2 heteroatoms. The van der Waals surface area contributed by atoms with Crippen molar-refractivity contribution in [2.24, 2.45) is 0 Å². The Morgan fingerprint density at radius 1 is 0.705 bits per heavy atom. The predicted molar refractivity (Wildman–Crippen MR) is 192 cm³/mol. The fourth-order valence-corrected chi connectivity index (χ4v) is 13.6. The first-order chi connectivity index (χ1) is 21.9. The van der Waals surface area contributed by atoms with Crippen LogP contribution in [0, 0.1) is 0 Å². The molecule has 0 N–H and O–H groups in total. The van der Waals surface area contributed by atoms with Crippen LogP contribution in [-0.2, 0) is 6.42 Å². The number of nitrogens with zero attached hydrogens (tertiary/aromatic N) is 1. The zero-order valence-electron chi connectivity index (χ0n) is 25.6. The predicted octanol–water partition coefficient (Wildman–Crippen LogP) is 8.90. The van der Waals surface area contributed by atoms with Gasteiger partial charge in [0, 0.05) is 22.2 Å². The van der Waals surface area contributed by atoms with Gasteiger partial charge in [-0.15, -0.1) is 0 Å². The summed E-state index contributed by atoms with van der Waals surface area (Å²) in [5, 5.41) is 7.54. The first kappa shape index (κ1) is 27.4. The summed E-state index contributed by atoms with van der Waals surface area (Å²) >= 11 is 0. The third-order valence-corrected chi connectivity index (χ3v) is 15.3. The molecule has 4 aliphatic rings. The van der Waals surface area contributed by atoms with Gasteiger partial charge in [-0.05, 0) is 90.6 Å². The summed E-state index contributed by atoms with van der Waals surface area (Å²) in [6, 6.07) is 29.0. The molecule has 2 unspecified atom stereocenters. The summed E-state index contributed by atoms with van der Waals surface area (Å²) in [4.78, 5) is 0. The van der Waals surface area contributed by atoms with E-state index >= 15 is 0 Å². The topological polar surface area (TPSA) is 4.93 Å². The van der Waals surface area contributed by atoms with Crippen molar-refractivity contribution in [2.75, 3.05) is 0 Å². The number of allylic oxidation sites excluding steroid dienone is 11. The van der Waals surface area contributed by atoms with Crippen molar-refractivity contribution in [2.45, 2.75) is 63.8 Å². The number of rotatable bonds is 6. The van der Waals surface area contributed by atoms with E-state index in [9.17, 15) is 0 Å². The Morgan fingerprint density at radius 2 is 1.57 bits per heavy atom. The highest BCUT2D eigenvalue weighted by atomic mass is 28.3. The fraction of sp³-hybridized carbons (Fsp3) is 0.238. The fourth-order valence-electron chi connectivity index (χ4n) is 8.38. The van der Waals surface area contributed by atoms with E-state index in [-0.39, 0.29) is 0 Å². The van der Waals surface area contributed by atoms with Crippen molar-refractivity contribution in [1.82, 2.24) is 4.57 Å². The van der Waals surface area contributed by atoms with Crippen LogP contribution in [-0.4, -0.2) is 12.6 Å². The van der Waals surface area contributed by atoms with Gasteiger partial charge in [0.1, 0.15) is 0 Å². The van der Waals surface area contributed by atoms with Gasteiger partial charge in [-0.3, -0.25) is 0 Å². The molecule has 8 rings (SSSR count). The summed E-state index contributed by atoms with van der Waals surface area (Å²) in [7, 11) is -2.66. The second-order valence-electron chi connectivity index (χ2n) is 12.8. The molecule has 4 aromatic rings. The van der Waals surface area contributed by atoms with Crippen molar-refractivity contribution in [1.29, 1.82) is 0 Å². The summed E-state index contributed by atoms with van der Waals surface area (Å²) < 4.78 is 2.70. The summed E-state index contributed by atoms with van der Waals surface area (Å²) in [6.07, 6.45) is 34.4. The van der Waals surface area contributed by atoms with Crippen LogP contribution in [0.25, 0.3) is 22.6 Å². The molecule has 1 heterocycles. The maximum absolute atomic E-state index is 2.70. The highest BCUT2D eigenvalue weighted by Crippen LogP contribution is 2.38. The highest BCUT2D eigenvalue weighted by molar-refractivity contribution is 7.16. The molecule has 1 nitrogen and oxygen atoms in total. The smallest absolute Gasteiger partial charge is 0.176 e. The van der Waals surface area contributed by atoms with Crippen LogP contribution in [0.4, 0.5) is 0 Å². The SMILES string of the molecule is C1=CCCC([Si](c2ccccc2)(c2ccc3c(c2)c2c(n3C3C=CCCC3)CCC=C2)c2ccccc2C2=CCCC=C2)=C1. The molecule has 0 bridgehead atoms. The average molecular weight is 588 g/mol. The zero-order valence-corrected chi connectivity index (χ0v) is 26.6. The summed E-state index contributed by atoms with van der Waals surface area (Å²) in [6.45, 7) is 0. The maximum atomic E-state index is 2.70. The Bertz CT molecular complexity index is 1890. The normalized spacial score (nSPS) is 20.7. The Kier molecular flexibility index (Phi) is 7.32. The number of hydrogen-bond donors (Lipinski definition) is 0. The first-order valence-electron chi connectivity index (χ1n) is 16.7. The lowest BCUT2D eigenvalue weighted by Gasteiger charge is -2.38. The molecule has 2 atom stereocenters. The van der Waals surface area contributed by atoms with Gasteiger partial charge in [0.15, 0.2) is 8.07 Å². The van der Waals surface area contributed by atoms with Crippen molar-refractivity contribution in [3.8, 4) is 0 Å². The Labute approximate surface area is 263 Å². The molecule has 218 valence electrons. The quantitative estimate of drug-likeness (QED) is 0.121. The van der Waals surface area contributed by atoms with Gasteiger partial charge >= 0.3 is 0 Å². The van der Waals surface area contributed by atoms with Crippen LogP contribution in [0.2, 0.25) is 0 Å². The number of fused-ring (bicyclic) bond motifs is 3. The lowest BCUT2D eigenvalue weighted by Crippen LogP contribution is -2.69. The Hall–Kier alpha value is -4.14. The van der Waals surface area contributed by atoms with E-state index in [0.29, 0.717) is 6.04 Å². The molecular weight excluding hydrogens is 547 g/mol. The second kappa shape index (κ2) is 11.7.